The third-order valence-electron chi connectivity index (χ3n) is 2.93. The first kappa shape index (κ1) is 10.4. The Kier molecular flexibility index (Phi) is 2.90. The van der Waals surface area contributed by atoms with Gasteiger partial charge >= 0.3 is 5.97 Å². The van der Waals surface area contributed by atoms with Crippen LogP contribution in [0.3, 0.4) is 0 Å². The number of carbonyl (C=O) groups excluding carboxylic acids is 1. The summed E-state index contributed by atoms with van der Waals surface area (Å²) in [6.45, 7) is 1.52. The number of rotatable bonds is 4. The van der Waals surface area contributed by atoms with Crippen molar-refractivity contribution in [1.82, 2.24) is 10.2 Å². The molecule has 0 aromatic heterocycles. The Morgan fingerprint density at radius 2 is 2.07 bits per heavy atom. The van der Waals surface area contributed by atoms with Crippen LogP contribution in [0.5, 0.6) is 0 Å². The van der Waals surface area contributed by atoms with E-state index < -0.39 is 5.97 Å². The Labute approximate surface area is 88.4 Å². The lowest BCUT2D eigenvalue weighted by atomic mass is 10.2. The van der Waals surface area contributed by atoms with Gasteiger partial charge in [0.2, 0.25) is 5.91 Å². The van der Waals surface area contributed by atoms with Gasteiger partial charge < -0.3 is 10.4 Å². The molecule has 5 nitrogen and oxygen atoms in total. The molecule has 84 valence electrons. The monoisotopic (exact) mass is 212 g/mol. The third-order valence-corrected chi connectivity index (χ3v) is 2.93. The normalized spacial score (nSPS) is 26.5. The van der Waals surface area contributed by atoms with E-state index >= 15 is 0 Å². The van der Waals surface area contributed by atoms with E-state index in [1.54, 1.807) is 0 Å². The number of nitrogens with one attached hydrogen (secondary N) is 1. The molecule has 0 bridgehead atoms. The summed E-state index contributed by atoms with van der Waals surface area (Å²) in [5, 5.41) is 11.6. The molecule has 2 rings (SSSR count). The number of nitrogens with zero attached hydrogens (tertiary/aromatic N) is 1. The van der Waals surface area contributed by atoms with Gasteiger partial charge in [-0.05, 0) is 19.3 Å². The molecule has 1 amide bonds. The molecule has 2 aliphatic rings. The minimum absolute atomic E-state index is 0.0792. The molecular weight excluding hydrogens is 196 g/mol. The van der Waals surface area contributed by atoms with Crippen molar-refractivity contribution in [2.24, 2.45) is 5.92 Å². The number of likely N-dealkylation sites (tertiary alicyclic amines) is 1. The van der Waals surface area contributed by atoms with Crippen molar-refractivity contribution < 1.29 is 14.7 Å². The molecule has 1 atom stereocenters. The molecule has 0 radical (unpaired) electrons. The van der Waals surface area contributed by atoms with E-state index in [9.17, 15) is 9.59 Å². The number of carbonyl (C=O) groups is 2. The van der Waals surface area contributed by atoms with Crippen LogP contribution in [0.25, 0.3) is 0 Å². The van der Waals surface area contributed by atoms with Crippen LogP contribution >= 0.6 is 0 Å². The summed E-state index contributed by atoms with van der Waals surface area (Å²) in [5.74, 6) is -0.417. The fraction of sp³-hybridized carbons (Fsp3) is 0.800. The van der Waals surface area contributed by atoms with Crippen molar-refractivity contribution in [3.63, 3.8) is 0 Å². The zero-order valence-electron chi connectivity index (χ0n) is 8.61. The summed E-state index contributed by atoms with van der Waals surface area (Å²) in [6, 6.07) is 0.150. The molecule has 15 heavy (non-hydrogen) atoms. The van der Waals surface area contributed by atoms with E-state index in [0.717, 1.165) is 25.8 Å². The first-order chi connectivity index (χ1) is 7.15. The first-order valence-corrected chi connectivity index (χ1v) is 5.39. The second-order valence-electron chi connectivity index (χ2n) is 4.40. The lowest BCUT2D eigenvalue weighted by molar-refractivity contribution is -0.138. The van der Waals surface area contributed by atoms with Crippen LogP contribution in [0.2, 0.25) is 0 Å². The van der Waals surface area contributed by atoms with Gasteiger partial charge in [0, 0.05) is 25.0 Å². The van der Waals surface area contributed by atoms with Gasteiger partial charge in [-0.15, -0.1) is 0 Å². The molecule has 0 unspecified atom stereocenters. The quantitative estimate of drug-likeness (QED) is 0.669. The second-order valence-corrected chi connectivity index (χ2v) is 4.40. The van der Waals surface area contributed by atoms with Crippen molar-refractivity contribution in [1.29, 1.82) is 0 Å². The number of aliphatic carboxylic acids is 1. The smallest absolute Gasteiger partial charge is 0.317 e. The van der Waals surface area contributed by atoms with Crippen LogP contribution in [0.15, 0.2) is 0 Å². The van der Waals surface area contributed by atoms with Gasteiger partial charge in [-0.1, -0.05) is 0 Å². The van der Waals surface area contributed by atoms with Crippen LogP contribution in [-0.4, -0.2) is 47.6 Å². The van der Waals surface area contributed by atoms with Gasteiger partial charge in [-0.3, -0.25) is 14.5 Å². The average Bonchev–Trinajstić information content (AvgIpc) is 2.90. The summed E-state index contributed by atoms with van der Waals surface area (Å²) >= 11 is 0. The van der Waals surface area contributed by atoms with Crippen molar-refractivity contribution >= 4 is 11.9 Å². The van der Waals surface area contributed by atoms with E-state index in [-0.39, 0.29) is 24.4 Å². The summed E-state index contributed by atoms with van der Waals surface area (Å²) in [7, 11) is 0. The van der Waals surface area contributed by atoms with Crippen LogP contribution in [0.1, 0.15) is 19.3 Å². The van der Waals surface area contributed by atoms with E-state index in [1.165, 1.54) is 0 Å². The lowest BCUT2D eigenvalue weighted by Crippen LogP contribution is -2.38. The highest BCUT2D eigenvalue weighted by atomic mass is 16.4. The minimum atomic E-state index is -0.802. The zero-order chi connectivity index (χ0) is 10.8. The van der Waals surface area contributed by atoms with E-state index in [4.69, 9.17) is 5.11 Å². The molecule has 0 spiro atoms. The van der Waals surface area contributed by atoms with Gasteiger partial charge in [0.05, 0.1) is 6.54 Å². The van der Waals surface area contributed by atoms with Gasteiger partial charge in [0.15, 0.2) is 0 Å². The minimum Gasteiger partial charge on any atom is -0.480 e. The van der Waals surface area contributed by atoms with Crippen molar-refractivity contribution in [3.05, 3.63) is 0 Å². The van der Waals surface area contributed by atoms with Crippen LogP contribution in [-0.2, 0) is 9.59 Å². The zero-order valence-corrected chi connectivity index (χ0v) is 8.61. The molecule has 2 fully saturated rings. The fourth-order valence-corrected chi connectivity index (χ4v) is 1.95. The van der Waals surface area contributed by atoms with Gasteiger partial charge in [-0.2, -0.15) is 0 Å². The van der Waals surface area contributed by atoms with Crippen LogP contribution < -0.4 is 5.32 Å². The Balaban J connectivity index is 1.72. The van der Waals surface area contributed by atoms with Crippen LogP contribution in [0, 0.1) is 5.92 Å². The largest absolute Gasteiger partial charge is 0.480 e. The summed E-state index contributed by atoms with van der Waals surface area (Å²) < 4.78 is 0. The Hall–Kier alpha value is -1.10. The van der Waals surface area contributed by atoms with Crippen LogP contribution in [0.4, 0.5) is 0 Å². The summed E-state index contributed by atoms with van der Waals surface area (Å²) in [4.78, 5) is 23.8. The standard InChI is InChI=1S/C10H16N2O3/c13-9(14)6-12-4-3-8(5-12)11-10(15)7-1-2-7/h7-8H,1-6H2,(H,11,15)(H,13,14)/t8-/m0/s1. The van der Waals surface area contributed by atoms with Crippen molar-refractivity contribution in [2.45, 2.75) is 25.3 Å². The Morgan fingerprint density at radius 1 is 1.33 bits per heavy atom. The number of hydrogen-bond acceptors (Lipinski definition) is 3. The van der Waals surface area contributed by atoms with E-state index in [1.807, 2.05) is 4.90 Å². The number of amides is 1. The molecule has 1 aliphatic carbocycles. The van der Waals surface area contributed by atoms with Crippen molar-refractivity contribution in [3.8, 4) is 0 Å². The third kappa shape index (κ3) is 2.92. The number of hydrogen-bond donors (Lipinski definition) is 2. The average molecular weight is 212 g/mol. The maximum atomic E-state index is 11.4. The Bertz CT molecular complexity index is 276. The molecule has 1 heterocycles. The highest BCUT2D eigenvalue weighted by Crippen LogP contribution is 2.29. The second kappa shape index (κ2) is 4.18. The predicted octanol–water partition coefficient (Wildman–Crippen LogP) is -0.329. The number of carboxylic acids is 1. The molecule has 1 saturated heterocycles. The van der Waals surface area contributed by atoms with E-state index in [2.05, 4.69) is 5.32 Å². The highest BCUT2D eigenvalue weighted by molar-refractivity contribution is 5.81. The number of carboxylic acid groups (broad SMARTS) is 1. The van der Waals surface area contributed by atoms with Gasteiger partial charge in [0.25, 0.3) is 0 Å². The molecular formula is C10H16N2O3. The Morgan fingerprint density at radius 3 is 2.67 bits per heavy atom. The topological polar surface area (TPSA) is 69.6 Å². The lowest BCUT2D eigenvalue weighted by Gasteiger charge is -2.14. The summed E-state index contributed by atoms with van der Waals surface area (Å²) in [6.07, 6.45) is 2.89. The fourth-order valence-electron chi connectivity index (χ4n) is 1.95. The SMILES string of the molecule is O=C(O)CN1CC[C@H](NC(=O)C2CC2)C1. The molecule has 0 aromatic rings. The first-order valence-electron chi connectivity index (χ1n) is 5.39. The molecule has 2 N–H and O–H groups in total. The predicted molar refractivity (Wildman–Crippen MR) is 53.3 cm³/mol. The van der Waals surface area contributed by atoms with Crippen molar-refractivity contribution in [2.75, 3.05) is 19.6 Å². The highest BCUT2D eigenvalue weighted by Gasteiger charge is 2.32. The maximum Gasteiger partial charge on any atom is 0.317 e. The molecule has 0 aromatic carbocycles. The molecule has 5 heteroatoms. The summed E-state index contributed by atoms with van der Waals surface area (Å²) in [5.41, 5.74) is 0. The van der Waals surface area contributed by atoms with Gasteiger partial charge in [-0.25, -0.2) is 0 Å². The van der Waals surface area contributed by atoms with Gasteiger partial charge in [0.1, 0.15) is 0 Å². The molecule has 1 saturated carbocycles. The van der Waals surface area contributed by atoms with E-state index in [0.29, 0.717) is 6.54 Å². The molecule has 1 aliphatic heterocycles. The maximum absolute atomic E-state index is 11.4.